The van der Waals surface area contributed by atoms with E-state index in [-0.39, 0.29) is 17.9 Å². The highest BCUT2D eigenvalue weighted by Crippen LogP contribution is 2.35. The van der Waals surface area contributed by atoms with Crippen molar-refractivity contribution in [3.63, 3.8) is 0 Å². The first-order valence-corrected chi connectivity index (χ1v) is 6.93. The number of aryl methyl sites for hydroxylation is 1. The Morgan fingerprint density at radius 2 is 2.21 bits per heavy atom. The molecule has 19 heavy (non-hydrogen) atoms. The van der Waals surface area contributed by atoms with Gasteiger partial charge in [0, 0.05) is 17.0 Å². The van der Waals surface area contributed by atoms with E-state index >= 15 is 0 Å². The summed E-state index contributed by atoms with van der Waals surface area (Å²) in [6, 6.07) is 1.70. The van der Waals surface area contributed by atoms with Crippen LogP contribution in [0.1, 0.15) is 55.8 Å². The van der Waals surface area contributed by atoms with Gasteiger partial charge in [-0.25, -0.2) is 4.79 Å². The average molecular weight is 265 g/mol. The molecule has 0 saturated carbocycles. The molecule has 4 heteroatoms. The molecule has 1 aliphatic carbocycles. The second-order valence-corrected chi connectivity index (χ2v) is 5.68. The van der Waals surface area contributed by atoms with Crippen molar-refractivity contribution in [2.75, 3.05) is 7.11 Å². The molecular formula is C15H23NO3. The summed E-state index contributed by atoms with van der Waals surface area (Å²) in [5, 5.41) is 10.1. The summed E-state index contributed by atoms with van der Waals surface area (Å²) < 4.78 is 7.01. The smallest absolute Gasteiger partial charge is 0.329 e. The zero-order chi connectivity index (χ0) is 14.2. The summed E-state index contributed by atoms with van der Waals surface area (Å²) in [6.45, 7) is 6.03. The summed E-state index contributed by atoms with van der Waals surface area (Å²) in [5.41, 5.74) is 3.11. The number of fused-ring (bicyclic) bond motifs is 1. The number of hydrogen-bond acceptors (Lipinski definition) is 3. The monoisotopic (exact) mass is 265 g/mol. The molecule has 0 saturated heterocycles. The number of nitrogens with zero attached hydrogens (tertiary/aromatic N) is 1. The van der Waals surface area contributed by atoms with Crippen molar-refractivity contribution in [3.05, 3.63) is 23.0 Å². The third-order valence-electron chi connectivity index (χ3n) is 3.97. The lowest BCUT2D eigenvalue weighted by Crippen LogP contribution is -2.28. The molecule has 1 N–H and O–H groups in total. The molecule has 1 aromatic heterocycles. The minimum atomic E-state index is -0.394. The van der Waals surface area contributed by atoms with Gasteiger partial charge in [0.1, 0.15) is 6.04 Å². The molecule has 106 valence electrons. The molecule has 2 unspecified atom stereocenters. The van der Waals surface area contributed by atoms with Crippen LogP contribution < -0.4 is 0 Å². The second kappa shape index (κ2) is 5.37. The van der Waals surface area contributed by atoms with Crippen molar-refractivity contribution in [1.29, 1.82) is 0 Å². The standard InChI is InChI=1S/C15H23NO3/c1-9(2)14(15(18)19-4)16-10(3)8-11-12(16)6-5-7-13(11)17/h8-9,13-14,17H,5-7H2,1-4H3. The van der Waals surface area contributed by atoms with Crippen LogP contribution in [0.5, 0.6) is 0 Å². The number of carbonyl (C=O) groups excluding carboxylic acids is 1. The molecule has 0 radical (unpaired) electrons. The van der Waals surface area contributed by atoms with Gasteiger partial charge < -0.3 is 14.4 Å². The lowest BCUT2D eigenvalue weighted by Gasteiger charge is -2.27. The summed E-state index contributed by atoms with van der Waals surface area (Å²) in [4.78, 5) is 12.1. The number of aromatic nitrogens is 1. The number of esters is 1. The Morgan fingerprint density at radius 1 is 1.53 bits per heavy atom. The summed E-state index contributed by atoms with van der Waals surface area (Å²) in [5.74, 6) is -0.0571. The van der Waals surface area contributed by atoms with E-state index in [0.717, 1.165) is 36.2 Å². The predicted octanol–water partition coefficient (Wildman–Crippen LogP) is 2.54. The quantitative estimate of drug-likeness (QED) is 0.854. The minimum Gasteiger partial charge on any atom is -0.467 e. The van der Waals surface area contributed by atoms with Crippen LogP contribution in [-0.2, 0) is 16.0 Å². The number of hydrogen-bond donors (Lipinski definition) is 1. The SMILES string of the molecule is COC(=O)C(C(C)C)n1c(C)cc2c1CCCC2O. The van der Waals surface area contributed by atoms with E-state index in [4.69, 9.17) is 4.74 Å². The van der Waals surface area contributed by atoms with Crippen LogP contribution in [0.15, 0.2) is 6.07 Å². The Morgan fingerprint density at radius 3 is 2.79 bits per heavy atom. The minimum absolute atomic E-state index is 0.154. The largest absolute Gasteiger partial charge is 0.467 e. The number of carbonyl (C=O) groups is 1. The zero-order valence-electron chi connectivity index (χ0n) is 12.1. The number of methoxy groups -OCH3 is 1. The molecule has 0 spiro atoms. The molecule has 0 aromatic carbocycles. The lowest BCUT2D eigenvalue weighted by molar-refractivity contribution is -0.146. The molecule has 1 aliphatic rings. The molecule has 0 fully saturated rings. The van der Waals surface area contributed by atoms with Gasteiger partial charge in [0.25, 0.3) is 0 Å². The summed E-state index contributed by atoms with van der Waals surface area (Å²) >= 11 is 0. The third-order valence-corrected chi connectivity index (χ3v) is 3.97. The van der Waals surface area contributed by atoms with Crippen molar-refractivity contribution in [2.45, 2.75) is 52.2 Å². The second-order valence-electron chi connectivity index (χ2n) is 5.68. The first-order valence-electron chi connectivity index (χ1n) is 6.93. The van der Waals surface area contributed by atoms with Crippen LogP contribution in [0, 0.1) is 12.8 Å². The van der Waals surface area contributed by atoms with Crippen molar-refractivity contribution in [1.82, 2.24) is 4.57 Å². The number of ether oxygens (including phenoxy) is 1. The molecule has 1 aromatic rings. The molecule has 0 bridgehead atoms. The Bertz CT molecular complexity index is 476. The van der Waals surface area contributed by atoms with Crippen molar-refractivity contribution >= 4 is 5.97 Å². The van der Waals surface area contributed by atoms with Gasteiger partial charge in [0.2, 0.25) is 0 Å². The van der Waals surface area contributed by atoms with E-state index in [1.54, 1.807) is 0 Å². The third kappa shape index (κ3) is 2.41. The van der Waals surface area contributed by atoms with Gasteiger partial charge in [-0.2, -0.15) is 0 Å². The Hall–Kier alpha value is -1.29. The van der Waals surface area contributed by atoms with Crippen LogP contribution in [0.3, 0.4) is 0 Å². The summed E-state index contributed by atoms with van der Waals surface area (Å²) in [7, 11) is 1.43. The normalized spacial score (nSPS) is 20.2. The molecule has 0 amide bonds. The maximum absolute atomic E-state index is 12.1. The van der Waals surface area contributed by atoms with E-state index in [0.29, 0.717) is 0 Å². The highest BCUT2D eigenvalue weighted by Gasteiger charge is 2.31. The van der Waals surface area contributed by atoms with Gasteiger partial charge in [-0.3, -0.25) is 0 Å². The van der Waals surface area contributed by atoms with E-state index in [2.05, 4.69) is 4.57 Å². The van der Waals surface area contributed by atoms with Crippen LogP contribution >= 0.6 is 0 Å². The lowest BCUT2D eigenvalue weighted by atomic mass is 9.94. The maximum atomic E-state index is 12.1. The molecule has 2 rings (SSSR count). The Balaban J connectivity index is 2.51. The van der Waals surface area contributed by atoms with Gasteiger partial charge in [-0.15, -0.1) is 0 Å². The topological polar surface area (TPSA) is 51.5 Å². The van der Waals surface area contributed by atoms with Gasteiger partial charge >= 0.3 is 5.97 Å². The fraction of sp³-hybridized carbons (Fsp3) is 0.667. The molecule has 1 heterocycles. The highest BCUT2D eigenvalue weighted by atomic mass is 16.5. The van der Waals surface area contributed by atoms with Crippen LogP contribution in [0.25, 0.3) is 0 Å². The number of aliphatic hydroxyl groups is 1. The van der Waals surface area contributed by atoms with Crippen molar-refractivity contribution in [3.8, 4) is 0 Å². The van der Waals surface area contributed by atoms with Crippen molar-refractivity contribution in [2.24, 2.45) is 5.92 Å². The van der Waals surface area contributed by atoms with E-state index in [9.17, 15) is 9.90 Å². The Kier molecular flexibility index (Phi) is 3.99. The van der Waals surface area contributed by atoms with E-state index in [1.807, 2.05) is 26.8 Å². The Labute approximate surface area is 114 Å². The predicted molar refractivity (Wildman–Crippen MR) is 73.0 cm³/mol. The van der Waals surface area contributed by atoms with Gasteiger partial charge in [0.05, 0.1) is 13.2 Å². The number of aliphatic hydroxyl groups excluding tert-OH is 1. The fourth-order valence-corrected chi connectivity index (χ4v) is 3.09. The van der Waals surface area contributed by atoms with Gasteiger partial charge in [0.15, 0.2) is 0 Å². The molecular weight excluding hydrogens is 242 g/mol. The molecule has 0 aliphatic heterocycles. The van der Waals surface area contributed by atoms with Crippen LogP contribution in [-0.4, -0.2) is 22.8 Å². The van der Waals surface area contributed by atoms with E-state index < -0.39 is 6.10 Å². The van der Waals surface area contributed by atoms with Gasteiger partial charge in [-0.1, -0.05) is 13.8 Å². The van der Waals surface area contributed by atoms with Gasteiger partial charge in [-0.05, 0) is 38.2 Å². The van der Waals surface area contributed by atoms with Crippen molar-refractivity contribution < 1.29 is 14.6 Å². The first kappa shape index (κ1) is 14.1. The van der Waals surface area contributed by atoms with Crippen LogP contribution in [0.4, 0.5) is 0 Å². The molecule has 4 nitrogen and oxygen atoms in total. The first-order chi connectivity index (χ1) is 8.97. The van der Waals surface area contributed by atoms with E-state index in [1.165, 1.54) is 7.11 Å². The summed E-state index contributed by atoms with van der Waals surface area (Å²) in [6.07, 6.45) is 2.29. The average Bonchev–Trinajstić information content (AvgIpc) is 2.68. The zero-order valence-corrected chi connectivity index (χ0v) is 12.1. The highest BCUT2D eigenvalue weighted by molar-refractivity contribution is 5.75. The maximum Gasteiger partial charge on any atom is 0.329 e. The fourth-order valence-electron chi connectivity index (χ4n) is 3.09. The number of rotatable bonds is 3. The van der Waals surface area contributed by atoms with Crippen LogP contribution in [0.2, 0.25) is 0 Å². The molecule has 2 atom stereocenters.